The molecular weight excluding hydrogens is 254 g/mol. The van der Waals surface area contributed by atoms with Crippen LogP contribution in [0.2, 0.25) is 0 Å². The molecule has 116 valence electrons. The predicted molar refractivity (Wildman–Crippen MR) is 79.7 cm³/mol. The third-order valence-electron chi connectivity index (χ3n) is 4.32. The lowest BCUT2D eigenvalue weighted by atomic mass is 9.98. The predicted octanol–water partition coefficient (Wildman–Crippen LogP) is 0.555. The van der Waals surface area contributed by atoms with Crippen molar-refractivity contribution in [2.75, 3.05) is 52.5 Å². The lowest BCUT2D eigenvalue weighted by Gasteiger charge is -2.34. The van der Waals surface area contributed by atoms with Crippen molar-refractivity contribution in [2.45, 2.75) is 32.7 Å². The molecule has 0 aromatic rings. The fourth-order valence-electron chi connectivity index (χ4n) is 2.96. The van der Waals surface area contributed by atoms with Crippen LogP contribution in [0.1, 0.15) is 26.7 Å². The molecule has 0 aromatic carbocycles. The highest BCUT2D eigenvalue weighted by atomic mass is 16.5. The van der Waals surface area contributed by atoms with E-state index in [1.165, 1.54) is 12.8 Å². The molecule has 1 N–H and O–H groups in total. The Morgan fingerprint density at radius 2 is 2.15 bits per heavy atom. The lowest BCUT2D eigenvalue weighted by molar-refractivity contribution is -0.137. The first kappa shape index (κ1) is 15.7. The molecule has 0 bridgehead atoms. The Kier molecular flexibility index (Phi) is 6.26. The Morgan fingerprint density at radius 1 is 1.40 bits per heavy atom. The van der Waals surface area contributed by atoms with E-state index in [0.717, 1.165) is 32.7 Å². The van der Waals surface area contributed by atoms with Gasteiger partial charge in [0.15, 0.2) is 0 Å². The number of nitrogens with zero attached hydrogens (tertiary/aromatic N) is 2. The van der Waals surface area contributed by atoms with Gasteiger partial charge >= 0.3 is 0 Å². The van der Waals surface area contributed by atoms with Crippen molar-refractivity contribution in [1.29, 1.82) is 0 Å². The van der Waals surface area contributed by atoms with Gasteiger partial charge in [0.25, 0.3) is 0 Å². The van der Waals surface area contributed by atoms with E-state index in [-0.39, 0.29) is 5.91 Å². The summed E-state index contributed by atoms with van der Waals surface area (Å²) < 4.78 is 5.31. The van der Waals surface area contributed by atoms with E-state index >= 15 is 0 Å². The molecule has 2 aliphatic rings. The van der Waals surface area contributed by atoms with Crippen LogP contribution in [0.4, 0.5) is 0 Å². The smallest absolute Gasteiger partial charge is 0.236 e. The number of carbonyl (C=O) groups is 1. The third kappa shape index (κ3) is 4.72. The number of rotatable bonds is 5. The molecule has 20 heavy (non-hydrogen) atoms. The monoisotopic (exact) mass is 283 g/mol. The van der Waals surface area contributed by atoms with Crippen LogP contribution in [0.3, 0.4) is 0 Å². The molecule has 1 unspecified atom stereocenters. The Balaban J connectivity index is 1.82. The zero-order valence-electron chi connectivity index (χ0n) is 12.9. The first-order chi connectivity index (χ1) is 9.66. The van der Waals surface area contributed by atoms with Gasteiger partial charge in [0.2, 0.25) is 5.91 Å². The van der Waals surface area contributed by atoms with Crippen LogP contribution in [0.25, 0.3) is 0 Å². The highest BCUT2D eigenvalue weighted by molar-refractivity contribution is 5.78. The molecule has 5 heteroatoms. The second kappa shape index (κ2) is 7.96. The van der Waals surface area contributed by atoms with Gasteiger partial charge in [0.1, 0.15) is 0 Å². The number of ether oxygens (including phenoxy) is 1. The largest absolute Gasteiger partial charge is 0.378 e. The number of morpholine rings is 1. The van der Waals surface area contributed by atoms with Crippen LogP contribution in [0.15, 0.2) is 0 Å². The van der Waals surface area contributed by atoms with E-state index in [4.69, 9.17) is 4.74 Å². The van der Waals surface area contributed by atoms with E-state index in [9.17, 15) is 4.79 Å². The number of carbonyl (C=O) groups excluding carboxylic acids is 1. The minimum Gasteiger partial charge on any atom is -0.378 e. The van der Waals surface area contributed by atoms with Crippen LogP contribution < -0.4 is 5.32 Å². The summed E-state index contributed by atoms with van der Waals surface area (Å²) in [6.45, 7) is 11.0. The van der Waals surface area contributed by atoms with Crippen LogP contribution in [0.5, 0.6) is 0 Å². The average molecular weight is 283 g/mol. The molecule has 0 aliphatic carbocycles. The van der Waals surface area contributed by atoms with E-state index in [1.807, 2.05) is 4.90 Å². The van der Waals surface area contributed by atoms with Gasteiger partial charge in [-0.3, -0.25) is 9.69 Å². The van der Waals surface area contributed by atoms with Crippen molar-refractivity contribution < 1.29 is 9.53 Å². The maximum Gasteiger partial charge on any atom is 0.236 e. The average Bonchev–Trinajstić information content (AvgIpc) is 2.48. The Bertz CT molecular complexity index is 297. The van der Waals surface area contributed by atoms with Crippen LogP contribution in [-0.4, -0.2) is 74.2 Å². The molecule has 0 aromatic heterocycles. The number of hydrogen-bond acceptors (Lipinski definition) is 4. The van der Waals surface area contributed by atoms with Crippen LogP contribution in [0, 0.1) is 5.92 Å². The standard InChI is InChI=1S/C15H29N3O2/c1-13(2)18(11-14-4-3-5-16-10-14)12-15(19)17-6-8-20-9-7-17/h13-14,16H,3-12H2,1-2H3. The quantitative estimate of drug-likeness (QED) is 0.800. The topological polar surface area (TPSA) is 44.8 Å². The van der Waals surface area contributed by atoms with Gasteiger partial charge in [0, 0.05) is 25.7 Å². The van der Waals surface area contributed by atoms with Gasteiger partial charge in [-0.05, 0) is 45.7 Å². The van der Waals surface area contributed by atoms with Gasteiger partial charge in [-0.15, -0.1) is 0 Å². The molecule has 0 saturated carbocycles. The van der Waals surface area contributed by atoms with Crippen molar-refractivity contribution >= 4 is 5.91 Å². The summed E-state index contributed by atoms with van der Waals surface area (Å²) >= 11 is 0. The molecule has 2 heterocycles. The fraction of sp³-hybridized carbons (Fsp3) is 0.933. The Labute approximate surface area is 122 Å². The zero-order chi connectivity index (χ0) is 14.4. The van der Waals surface area contributed by atoms with Gasteiger partial charge in [0.05, 0.1) is 19.8 Å². The summed E-state index contributed by atoms with van der Waals surface area (Å²) in [6.07, 6.45) is 2.54. The molecule has 0 radical (unpaired) electrons. The van der Waals surface area contributed by atoms with Crippen molar-refractivity contribution in [3.05, 3.63) is 0 Å². The molecule has 0 spiro atoms. The fourth-order valence-corrected chi connectivity index (χ4v) is 2.96. The van der Waals surface area contributed by atoms with Crippen molar-refractivity contribution in [3.63, 3.8) is 0 Å². The Hall–Kier alpha value is -0.650. The highest BCUT2D eigenvalue weighted by Gasteiger charge is 2.24. The second-order valence-electron chi connectivity index (χ2n) is 6.23. The van der Waals surface area contributed by atoms with Crippen LogP contribution >= 0.6 is 0 Å². The first-order valence-electron chi connectivity index (χ1n) is 7.97. The second-order valence-corrected chi connectivity index (χ2v) is 6.23. The first-order valence-corrected chi connectivity index (χ1v) is 7.97. The molecular formula is C15H29N3O2. The normalized spacial score (nSPS) is 24.4. The molecule has 2 rings (SSSR count). The summed E-state index contributed by atoms with van der Waals surface area (Å²) in [6, 6.07) is 0.418. The van der Waals surface area contributed by atoms with Crippen molar-refractivity contribution in [2.24, 2.45) is 5.92 Å². The van der Waals surface area contributed by atoms with Crippen LogP contribution in [-0.2, 0) is 9.53 Å². The van der Waals surface area contributed by atoms with Gasteiger partial charge in [-0.25, -0.2) is 0 Å². The van der Waals surface area contributed by atoms with E-state index < -0.39 is 0 Å². The maximum atomic E-state index is 12.4. The molecule has 2 fully saturated rings. The lowest BCUT2D eigenvalue weighted by Crippen LogP contribution is -2.49. The molecule has 1 amide bonds. The molecule has 5 nitrogen and oxygen atoms in total. The summed E-state index contributed by atoms with van der Waals surface area (Å²) in [5.41, 5.74) is 0. The maximum absolute atomic E-state index is 12.4. The summed E-state index contributed by atoms with van der Waals surface area (Å²) in [5.74, 6) is 0.939. The minimum absolute atomic E-state index is 0.255. The van der Waals surface area contributed by atoms with Gasteiger partial charge < -0.3 is 15.0 Å². The summed E-state index contributed by atoms with van der Waals surface area (Å²) in [4.78, 5) is 16.6. The molecule has 2 saturated heterocycles. The minimum atomic E-state index is 0.255. The van der Waals surface area contributed by atoms with Gasteiger partial charge in [-0.1, -0.05) is 0 Å². The number of piperidine rings is 1. The number of hydrogen-bond donors (Lipinski definition) is 1. The van der Waals surface area contributed by atoms with Crippen molar-refractivity contribution in [3.8, 4) is 0 Å². The highest BCUT2D eigenvalue weighted by Crippen LogP contribution is 2.14. The van der Waals surface area contributed by atoms with E-state index in [0.29, 0.717) is 31.7 Å². The number of nitrogens with one attached hydrogen (secondary N) is 1. The third-order valence-corrected chi connectivity index (χ3v) is 4.32. The SMILES string of the molecule is CC(C)N(CC(=O)N1CCOCC1)CC1CCCNC1. The summed E-state index contributed by atoms with van der Waals surface area (Å²) in [5, 5.41) is 3.46. The Morgan fingerprint density at radius 3 is 2.75 bits per heavy atom. The van der Waals surface area contributed by atoms with Crippen molar-refractivity contribution in [1.82, 2.24) is 15.1 Å². The van der Waals surface area contributed by atoms with E-state index in [1.54, 1.807) is 0 Å². The van der Waals surface area contributed by atoms with E-state index in [2.05, 4.69) is 24.1 Å². The van der Waals surface area contributed by atoms with Gasteiger partial charge in [-0.2, -0.15) is 0 Å². The molecule has 2 aliphatic heterocycles. The summed E-state index contributed by atoms with van der Waals surface area (Å²) in [7, 11) is 0. The number of amides is 1. The zero-order valence-corrected chi connectivity index (χ0v) is 12.9. The molecule has 1 atom stereocenters.